The van der Waals surface area contributed by atoms with Gasteiger partial charge in [0.05, 0.1) is 6.04 Å². The van der Waals surface area contributed by atoms with Crippen molar-refractivity contribution < 1.29 is 4.42 Å². The Hall–Kier alpha value is -1.39. The molecule has 0 aliphatic heterocycles. The standard InChI is InChI=1S/C17H22ClN3O/c1-12(16-21-20-13(2)22-16)19-11-17(9-3-4-10-17)14-5-7-15(18)8-6-14/h5-8,12,19H,3-4,9-11H2,1-2H3/t12-/m1/s1. The minimum absolute atomic E-state index is 0.0611. The Morgan fingerprint density at radius 2 is 1.91 bits per heavy atom. The molecule has 22 heavy (non-hydrogen) atoms. The summed E-state index contributed by atoms with van der Waals surface area (Å²) in [5, 5.41) is 12.4. The number of hydrogen-bond acceptors (Lipinski definition) is 4. The lowest BCUT2D eigenvalue weighted by atomic mass is 9.78. The van der Waals surface area contributed by atoms with Crippen LogP contribution < -0.4 is 5.32 Å². The van der Waals surface area contributed by atoms with Crippen molar-refractivity contribution in [1.82, 2.24) is 15.5 Å². The van der Waals surface area contributed by atoms with E-state index in [4.69, 9.17) is 16.0 Å². The summed E-state index contributed by atoms with van der Waals surface area (Å²) in [5.74, 6) is 1.26. The normalized spacial score (nSPS) is 18.5. The van der Waals surface area contributed by atoms with Crippen molar-refractivity contribution in [2.24, 2.45) is 0 Å². The third kappa shape index (κ3) is 3.18. The van der Waals surface area contributed by atoms with Gasteiger partial charge in [-0.2, -0.15) is 0 Å². The van der Waals surface area contributed by atoms with Gasteiger partial charge in [0.1, 0.15) is 0 Å². The zero-order valence-electron chi connectivity index (χ0n) is 13.1. The first-order valence-corrected chi connectivity index (χ1v) is 8.26. The van der Waals surface area contributed by atoms with Crippen molar-refractivity contribution in [3.8, 4) is 0 Å². The maximum Gasteiger partial charge on any atom is 0.233 e. The minimum atomic E-state index is 0.0611. The zero-order valence-corrected chi connectivity index (χ0v) is 13.9. The summed E-state index contributed by atoms with van der Waals surface area (Å²) < 4.78 is 5.51. The Labute approximate surface area is 136 Å². The van der Waals surface area contributed by atoms with Gasteiger partial charge in [-0.1, -0.05) is 36.6 Å². The Bertz CT molecular complexity index is 617. The highest BCUT2D eigenvalue weighted by atomic mass is 35.5. The Balaban J connectivity index is 1.73. The van der Waals surface area contributed by atoms with Gasteiger partial charge in [-0.05, 0) is 37.5 Å². The molecule has 118 valence electrons. The highest BCUT2D eigenvalue weighted by Gasteiger charge is 2.35. The SMILES string of the molecule is Cc1nnc([C@@H](C)NCC2(c3ccc(Cl)cc3)CCCC2)o1. The summed E-state index contributed by atoms with van der Waals surface area (Å²) in [7, 11) is 0. The summed E-state index contributed by atoms with van der Waals surface area (Å²) in [4.78, 5) is 0. The van der Waals surface area contributed by atoms with Crippen LogP contribution in [0.25, 0.3) is 0 Å². The lowest BCUT2D eigenvalue weighted by Gasteiger charge is -2.31. The molecule has 3 rings (SSSR count). The molecule has 0 unspecified atom stereocenters. The summed E-state index contributed by atoms with van der Waals surface area (Å²) in [6, 6.07) is 8.36. The number of aryl methyl sites for hydroxylation is 1. The third-order valence-electron chi connectivity index (χ3n) is 4.68. The molecule has 1 aromatic heterocycles. The maximum absolute atomic E-state index is 6.03. The van der Waals surface area contributed by atoms with Gasteiger partial charge in [-0.3, -0.25) is 0 Å². The molecule has 0 bridgehead atoms. The van der Waals surface area contributed by atoms with E-state index in [-0.39, 0.29) is 11.5 Å². The summed E-state index contributed by atoms with van der Waals surface area (Å²) in [5.41, 5.74) is 1.56. The molecule has 5 heteroatoms. The van der Waals surface area contributed by atoms with Gasteiger partial charge in [0.2, 0.25) is 11.8 Å². The topological polar surface area (TPSA) is 51.0 Å². The van der Waals surface area contributed by atoms with Crippen molar-refractivity contribution in [1.29, 1.82) is 0 Å². The molecule has 1 aromatic carbocycles. The van der Waals surface area contributed by atoms with E-state index in [2.05, 4.69) is 34.6 Å². The molecular formula is C17H22ClN3O. The zero-order chi connectivity index (χ0) is 15.6. The largest absolute Gasteiger partial charge is 0.424 e. The van der Waals surface area contributed by atoms with Crippen LogP contribution in [0, 0.1) is 6.92 Å². The number of hydrogen-bond donors (Lipinski definition) is 1. The van der Waals surface area contributed by atoms with E-state index in [1.165, 1.54) is 31.2 Å². The van der Waals surface area contributed by atoms with Crippen LogP contribution >= 0.6 is 11.6 Å². The summed E-state index contributed by atoms with van der Waals surface area (Å²) >= 11 is 6.03. The highest BCUT2D eigenvalue weighted by Crippen LogP contribution is 2.41. The number of halogens is 1. The van der Waals surface area contributed by atoms with E-state index >= 15 is 0 Å². The average Bonchev–Trinajstić information content (AvgIpc) is 3.15. The van der Waals surface area contributed by atoms with E-state index in [1.54, 1.807) is 0 Å². The van der Waals surface area contributed by atoms with Crippen LogP contribution in [-0.2, 0) is 5.41 Å². The van der Waals surface area contributed by atoms with Crippen molar-refractivity contribution in [3.05, 3.63) is 46.6 Å². The van der Waals surface area contributed by atoms with Crippen LogP contribution in [0.15, 0.2) is 28.7 Å². The molecule has 1 heterocycles. The van der Waals surface area contributed by atoms with Gasteiger partial charge in [-0.25, -0.2) is 0 Å². The van der Waals surface area contributed by atoms with E-state index in [0.717, 1.165) is 11.6 Å². The second-order valence-corrected chi connectivity index (χ2v) is 6.69. The molecule has 1 saturated carbocycles. The van der Waals surface area contributed by atoms with Gasteiger partial charge < -0.3 is 9.73 Å². The van der Waals surface area contributed by atoms with Gasteiger partial charge >= 0.3 is 0 Å². The molecule has 1 aliphatic carbocycles. The van der Waals surface area contributed by atoms with Gasteiger partial charge in [-0.15, -0.1) is 10.2 Å². The molecule has 1 fully saturated rings. The van der Waals surface area contributed by atoms with Gasteiger partial charge in [0, 0.05) is 23.9 Å². The van der Waals surface area contributed by atoms with Crippen molar-refractivity contribution in [2.45, 2.75) is 51.0 Å². The Kier molecular flexibility index (Phi) is 4.50. The first-order valence-electron chi connectivity index (χ1n) is 7.88. The van der Waals surface area contributed by atoms with Crippen LogP contribution in [0.2, 0.25) is 5.02 Å². The first-order chi connectivity index (χ1) is 10.6. The average molecular weight is 320 g/mol. The Morgan fingerprint density at radius 3 is 2.50 bits per heavy atom. The highest BCUT2D eigenvalue weighted by molar-refractivity contribution is 6.30. The minimum Gasteiger partial charge on any atom is -0.424 e. The number of nitrogens with zero attached hydrogens (tertiary/aromatic N) is 2. The molecule has 0 saturated heterocycles. The first kappa shape index (κ1) is 15.5. The molecule has 1 N–H and O–H groups in total. The fourth-order valence-electron chi connectivity index (χ4n) is 3.35. The van der Waals surface area contributed by atoms with E-state index in [1.807, 2.05) is 19.1 Å². The Morgan fingerprint density at radius 1 is 1.23 bits per heavy atom. The second-order valence-electron chi connectivity index (χ2n) is 6.26. The number of aromatic nitrogens is 2. The fraction of sp³-hybridized carbons (Fsp3) is 0.529. The second kappa shape index (κ2) is 6.39. The van der Waals surface area contributed by atoms with E-state index in [9.17, 15) is 0 Å². The predicted molar refractivity (Wildman–Crippen MR) is 87.1 cm³/mol. The molecule has 4 nitrogen and oxygen atoms in total. The van der Waals surface area contributed by atoms with Gasteiger partial charge in [0.25, 0.3) is 0 Å². The molecule has 1 atom stereocenters. The molecule has 0 amide bonds. The monoisotopic (exact) mass is 319 g/mol. The third-order valence-corrected chi connectivity index (χ3v) is 4.93. The van der Waals surface area contributed by atoms with Crippen molar-refractivity contribution in [3.63, 3.8) is 0 Å². The number of nitrogens with one attached hydrogen (secondary N) is 1. The van der Waals surface area contributed by atoms with Crippen LogP contribution in [0.4, 0.5) is 0 Å². The smallest absolute Gasteiger partial charge is 0.233 e. The molecule has 0 spiro atoms. The van der Waals surface area contributed by atoms with Crippen molar-refractivity contribution >= 4 is 11.6 Å². The van der Waals surface area contributed by atoms with Crippen molar-refractivity contribution in [2.75, 3.05) is 6.54 Å². The van der Waals surface area contributed by atoms with Gasteiger partial charge in [0.15, 0.2) is 0 Å². The van der Waals surface area contributed by atoms with Crippen LogP contribution in [0.1, 0.15) is 56.0 Å². The molecular weight excluding hydrogens is 298 g/mol. The number of rotatable bonds is 5. The van der Waals surface area contributed by atoms with Crippen LogP contribution in [0.3, 0.4) is 0 Å². The predicted octanol–water partition coefficient (Wildman–Crippen LogP) is 4.19. The maximum atomic E-state index is 6.03. The van der Waals surface area contributed by atoms with E-state index in [0.29, 0.717) is 11.8 Å². The molecule has 0 radical (unpaired) electrons. The molecule has 1 aliphatic rings. The lowest BCUT2D eigenvalue weighted by Crippen LogP contribution is -2.37. The lowest BCUT2D eigenvalue weighted by molar-refractivity contribution is 0.346. The van der Waals surface area contributed by atoms with Crippen LogP contribution in [-0.4, -0.2) is 16.7 Å². The summed E-state index contributed by atoms with van der Waals surface area (Å²) in [6.07, 6.45) is 4.96. The summed E-state index contributed by atoms with van der Waals surface area (Å²) in [6.45, 7) is 4.80. The fourth-order valence-corrected chi connectivity index (χ4v) is 3.47. The quantitative estimate of drug-likeness (QED) is 0.897. The number of benzene rings is 1. The van der Waals surface area contributed by atoms with E-state index < -0.39 is 0 Å². The van der Waals surface area contributed by atoms with Crippen LogP contribution in [0.5, 0.6) is 0 Å². The molecule has 2 aromatic rings.